The molecule has 0 atom stereocenters. The monoisotopic (exact) mass is 330 g/mol. The van der Waals surface area contributed by atoms with Gasteiger partial charge in [-0.3, -0.25) is 4.79 Å². The van der Waals surface area contributed by atoms with Crippen molar-refractivity contribution in [3.63, 3.8) is 0 Å². The van der Waals surface area contributed by atoms with E-state index in [0.29, 0.717) is 5.56 Å². The van der Waals surface area contributed by atoms with Gasteiger partial charge in [0.25, 0.3) is 0 Å². The summed E-state index contributed by atoms with van der Waals surface area (Å²) < 4.78 is 15.4. The van der Waals surface area contributed by atoms with E-state index >= 15 is 0 Å². The van der Waals surface area contributed by atoms with Crippen molar-refractivity contribution in [1.29, 1.82) is 0 Å². The second-order valence-electron chi connectivity index (χ2n) is 4.99. The van der Waals surface area contributed by atoms with Crippen molar-refractivity contribution in [1.82, 2.24) is 0 Å². The summed E-state index contributed by atoms with van der Waals surface area (Å²) in [6.45, 7) is 0. The molecule has 24 heavy (non-hydrogen) atoms. The lowest BCUT2D eigenvalue weighted by molar-refractivity contribution is 0.352. The summed E-state index contributed by atoms with van der Waals surface area (Å²) in [4.78, 5) is 12.8. The molecule has 0 aliphatic heterocycles. The zero-order chi connectivity index (χ0) is 17.4. The van der Waals surface area contributed by atoms with Crippen LogP contribution in [0.15, 0.2) is 39.7 Å². The maximum Gasteiger partial charge on any atom is 0.204 e. The van der Waals surface area contributed by atoms with E-state index in [1.807, 2.05) is 0 Å². The highest BCUT2D eigenvalue weighted by Gasteiger charge is 2.21. The fourth-order valence-corrected chi connectivity index (χ4v) is 2.53. The largest absolute Gasteiger partial charge is 0.504 e. The molecule has 124 valence electrons. The Morgan fingerprint density at radius 2 is 1.75 bits per heavy atom. The molecule has 0 radical (unpaired) electrons. The van der Waals surface area contributed by atoms with Crippen molar-refractivity contribution >= 4 is 11.0 Å². The second-order valence-corrected chi connectivity index (χ2v) is 4.99. The van der Waals surface area contributed by atoms with Gasteiger partial charge in [-0.1, -0.05) is 12.1 Å². The van der Waals surface area contributed by atoms with E-state index in [4.69, 9.17) is 13.9 Å². The van der Waals surface area contributed by atoms with Gasteiger partial charge in [0.2, 0.25) is 11.2 Å². The first-order valence-corrected chi connectivity index (χ1v) is 6.90. The summed E-state index contributed by atoms with van der Waals surface area (Å²) in [7, 11) is 2.67. The van der Waals surface area contributed by atoms with Gasteiger partial charge in [-0.25, -0.2) is 0 Å². The first-order valence-electron chi connectivity index (χ1n) is 6.90. The van der Waals surface area contributed by atoms with E-state index in [1.54, 1.807) is 12.1 Å². The van der Waals surface area contributed by atoms with Gasteiger partial charge in [0.05, 0.1) is 19.8 Å². The number of hydrogen-bond acceptors (Lipinski definition) is 7. The molecule has 1 aromatic heterocycles. The van der Waals surface area contributed by atoms with Gasteiger partial charge in [-0.2, -0.15) is 0 Å². The van der Waals surface area contributed by atoms with Crippen LogP contribution >= 0.6 is 0 Å². The van der Waals surface area contributed by atoms with E-state index in [9.17, 15) is 20.1 Å². The molecular formula is C17H14O7. The van der Waals surface area contributed by atoms with Crippen LogP contribution in [0.2, 0.25) is 0 Å². The molecule has 3 N–H and O–H groups in total. The third-order valence-corrected chi connectivity index (χ3v) is 3.69. The van der Waals surface area contributed by atoms with Crippen molar-refractivity contribution < 1.29 is 29.2 Å². The van der Waals surface area contributed by atoms with Gasteiger partial charge < -0.3 is 29.2 Å². The summed E-state index contributed by atoms with van der Waals surface area (Å²) in [5.74, 6) is -1.26. The van der Waals surface area contributed by atoms with Crippen LogP contribution in [-0.2, 0) is 0 Å². The van der Waals surface area contributed by atoms with Gasteiger partial charge in [0.15, 0.2) is 23.0 Å². The predicted octanol–water partition coefficient (Wildman–Crippen LogP) is 2.59. The number of benzene rings is 2. The zero-order valence-electron chi connectivity index (χ0n) is 12.9. The van der Waals surface area contributed by atoms with E-state index in [1.165, 1.54) is 32.6 Å². The van der Waals surface area contributed by atoms with Crippen LogP contribution in [0.1, 0.15) is 0 Å². The summed E-state index contributed by atoms with van der Waals surface area (Å²) in [6, 6.07) is 5.83. The molecule has 7 nitrogen and oxygen atoms in total. The number of fused-ring (bicyclic) bond motifs is 1. The van der Waals surface area contributed by atoms with Crippen molar-refractivity contribution in [2.24, 2.45) is 0 Å². The maximum atomic E-state index is 12.8. The minimum absolute atomic E-state index is 0.0224. The van der Waals surface area contributed by atoms with Gasteiger partial charge in [0, 0.05) is 11.6 Å². The van der Waals surface area contributed by atoms with Crippen LogP contribution < -0.4 is 14.9 Å². The number of phenols is 3. The van der Waals surface area contributed by atoms with Crippen molar-refractivity contribution in [2.75, 3.05) is 14.2 Å². The number of hydrogen-bond donors (Lipinski definition) is 3. The number of ether oxygens (including phenoxy) is 2. The molecule has 3 aromatic rings. The number of para-hydroxylation sites is 1. The van der Waals surface area contributed by atoms with Crippen LogP contribution in [0.3, 0.4) is 0 Å². The topological polar surface area (TPSA) is 109 Å². The predicted molar refractivity (Wildman–Crippen MR) is 86.0 cm³/mol. The average molecular weight is 330 g/mol. The lowest BCUT2D eigenvalue weighted by Crippen LogP contribution is -2.06. The molecule has 0 unspecified atom stereocenters. The molecule has 0 fully saturated rings. The third kappa shape index (κ3) is 2.18. The normalized spacial score (nSPS) is 10.8. The average Bonchev–Trinajstić information content (AvgIpc) is 2.58. The summed E-state index contributed by atoms with van der Waals surface area (Å²) in [6.07, 6.45) is 1.19. The Kier molecular flexibility index (Phi) is 3.69. The Morgan fingerprint density at radius 1 is 1.00 bits per heavy atom. The van der Waals surface area contributed by atoms with E-state index in [-0.39, 0.29) is 33.8 Å². The molecule has 3 rings (SSSR count). The highest BCUT2D eigenvalue weighted by Crippen LogP contribution is 2.42. The van der Waals surface area contributed by atoms with E-state index < -0.39 is 16.9 Å². The molecule has 0 bridgehead atoms. The quantitative estimate of drug-likeness (QED) is 0.633. The number of rotatable bonds is 3. The van der Waals surface area contributed by atoms with Crippen molar-refractivity contribution in [3.8, 4) is 39.9 Å². The van der Waals surface area contributed by atoms with Crippen LogP contribution in [0.5, 0.6) is 28.7 Å². The molecule has 0 saturated carbocycles. The Hall–Kier alpha value is -3.35. The summed E-state index contributed by atoms with van der Waals surface area (Å²) in [5, 5.41) is 29.7. The Balaban J connectivity index is 2.38. The lowest BCUT2D eigenvalue weighted by atomic mass is 10.0. The minimum atomic E-state index is -0.640. The summed E-state index contributed by atoms with van der Waals surface area (Å²) >= 11 is 0. The SMILES string of the molecule is COc1cc2occ(-c3cccc(O)c3OC)c(=O)c2c(O)c1O. The zero-order valence-corrected chi connectivity index (χ0v) is 12.9. The summed E-state index contributed by atoms with van der Waals surface area (Å²) in [5.41, 5.74) is -0.177. The highest BCUT2D eigenvalue weighted by atomic mass is 16.5. The van der Waals surface area contributed by atoms with Crippen LogP contribution in [-0.4, -0.2) is 29.5 Å². The minimum Gasteiger partial charge on any atom is -0.504 e. The lowest BCUT2D eigenvalue weighted by Gasteiger charge is -2.11. The molecule has 7 heteroatoms. The standard InChI is InChI=1S/C17H14O7/c1-22-12-6-11-13(16(21)15(12)20)14(19)9(7-24-11)8-4-3-5-10(18)17(8)23-2/h3-7,18,20-21H,1-2H3. The Labute approximate surface area is 135 Å². The third-order valence-electron chi connectivity index (χ3n) is 3.69. The molecule has 0 amide bonds. The van der Waals surface area contributed by atoms with Gasteiger partial charge in [-0.05, 0) is 6.07 Å². The van der Waals surface area contributed by atoms with Crippen LogP contribution in [0, 0.1) is 0 Å². The smallest absolute Gasteiger partial charge is 0.204 e. The molecule has 0 aliphatic carbocycles. The fraction of sp³-hybridized carbons (Fsp3) is 0.118. The molecule has 0 aliphatic rings. The van der Waals surface area contributed by atoms with E-state index in [2.05, 4.69) is 0 Å². The van der Waals surface area contributed by atoms with Gasteiger partial charge in [0.1, 0.15) is 17.2 Å². The van der Waals surface area contributed by atoms with Crippen molar-refractivity contribution in [2.45, 2.75) is 0 Å². The second kappa shape index (κ2) is 5.69. The van der Waals surface area contributed by atoms with Gasteiger partial charge in [-0.15, -0.1) is 0 Å². The first-order chi connectivity index (χ1) is 11.5. The fourth-order valence-electron chi connectivity index (χ4n) is 2.53. The number of phenolic OH excluding ortho intramolecular Hbond substituents is 3. The Morgan fingerprint density at radius 3 is 2.42 bits per heavy atom. The maximum absolute atomic E-state index is 12.8. The van der Waals surface area contributed by atoms with E-state index in [0.717, 1.165) is 0 Å². The Bertz CT molecular complexity index is 988. The van der Waals surface area contributed by atoms with Crippen LogP contribution in [0.4, 0.5) is 0 Å². The molecule has 0 spiro atoms. The molecule has 0 saturated heterocycles. The van der Waals surface area contributed by atoms with Crippen molar-refractivity contribution in [3.05, 3.63) is 40.8 Å². The molecular weight excluding hydrogens is 316 g/mol. The van der Waals surface area contributed by atoms with Gasteiger partial charge >= 0.3 is 0 Å². The molecule has 2 aromatic carbocycles. The molecule has 1 heterocycles. The highest BCUT2D eigenvalue weighted by molar-refractivity contribution is 5.91. The number of aromatic hydroxyl groups is 3. The number of methoxy groups -OCH3 is 2. The first kappa shape index (κ1) is 15.5. The van der Waals surface area contributed by atoms with Crippen LogP contribution in [0.25, 0.3) is 22.1 Å².